The van der Waals surface area contributed by atoms with Gasteiger partial charge in [-0.2, -0.15) is 5.26 Å². The number of rotatable bonds is 3. The first-order valence-corrected chi connectivity index (χ1v) is 6.30. The zero-order valence-electron chi connectivity index (χ0n) is 10.0. The van der Waals surface area contributed by atoms with Crippen molar-refractivity contribution in [1.82, 2.24) is 0 Å². The summed E-state index contributed by atoms with van der Waals surface area (Å²) < 4.78 is 13.5. The summed E-state index contributed by atoms with van der Waals surface area (Å²) in [7, 11) is 0. The second-order valence-electron chi connectivity index (χ2n) is 3.93. The number of nitriles is 1. The molecule has 0 atom stereocenters. The van der Waals surface area contributed by atoms with Gasteiger partial charge in [-0.3, -0.25) is 0 Å². The van der Waals surface area contributed by atoms with Crippen LogP contribution in [0.25, 0.3) is 0 Å². The summed E-state index contributed by atoms with van der Waals surface area (Å²) in [5, 5.41) is 20.9. The lowest BCUT2D eigenvalue weighted by Crippen LogP contribution is -2.00. The quantitative estimate of drug-likeness (QED) is 0.892. The zero-order valence-corrected chi connectivity index (χ0v) is 11.6. The molecule has 0 saturated heterocycles. The van der Waals surface area contributed by atoms with Crippen LogP contribution in [-0.2, 0) is 0 Å². The molecule has 2 aromatic rings. The molecule has 4 nitrogen and oxygen atoms in total. The maximum atomic E-state index is 13.0. The van der Waals surface area contributed by atoms with Gasteiger partial charge in [0.25, 0.3) is 0 Å². The molecule has 2 aromatic carbocycles. The Balaban J connectivity index is 2.38. The Labute approximate surface area is 122 Å². The maximum Gasteiger partial charge on any atom is 0.336 e. The summed E-state index contributed by atoms with van der Waals surface area (Å²) in [5.74, 6) is -1.57. The van der Waals surface area contributed by atoms with Gasteiger partial charge in [-0.15, -0.1) is 0 Å². The SMILES string of the molecule is N#Cc1cc(F)ccc1Nc1ccc(Br)c(C(=O)O)c1. The van der Waals surface area contributed by atoms with E-state index in [0.717, 1.165) is 6.07 Å². The van der Waals surface area contributed by atoms with E-state index in [1.54, 1.807) is 12.1 Å². The fourth-order valence-electron chi connectivity index (χ4n) is 1.64. The Morgan fingerprint density at radius 2 is 2.05 bits per heavy atom. The Morgan fingerprint density at radius 3 is 2.70 bits per heavy atom. The average Bonchev–Trinajstić information content (AvgIpc) is 2.42. The second-order valence-corrected chi connectivity index (χ2v) is 4.78. The monoisotopic (exact) mass is 334 g/mol. The Morgan fingerprint density at radius 1 is 1.30 bits per heavy atom. The Hall–Kier alpha value is -2.39. The van der Waals surface area contributed by atoms with Crippen molar-refractivity contribution in [2.75, 3.05) is 5.32 Å². The van der Waals surface area contributed by atoms with Crippen LogP contribution in [-0.4, -0.2) is 11.1 Å². The number of aromatic carboxylic acids is 1. The van der Waals surface area contributed by atoms with Crippen LogP contribution >= 0.6 is 15.9 Å². The van der Waals surface area contributed by atoms with E-state index in [0.29, 0.717) is 15.8 Å². The molecule has 2 N–H and O–H groups in total. The van der Waals surface area contributed by atoms with Gasteiger partial charge >= 0.3 is 5.97 Å². The average molecular weight is 335 g/mol. The molecule has 0 aliphatic rings. The summed E-state index contributed by atoms with van der Waals surface area (Å²) in [4.78, 5) is 11.0. The summed E-state index contributed by atoms with van der Waals surface area (Å²) >= 11 is 3.14. The number of halogens is 2. The molecule has 0 bridgehead atoms. The minimum atomic E-state index is -1.07. The maximum absolute atomic E-state index is 13.0. The van der Waals surface area contributed by atoms with Gasteiger partial charge < -0.3 is 10.4 Å². The van der Waals surface area contributed by atoms with Crippen molar-refractivity contribution >= 4 is 33.3 Å². The highest BCUT2D eigenvalue weighted by atomic mass is 79.9. The van der Waals surface area contributed by atoms with Crippen LogP contribution in [0.3, 0.4) is 0 Å². The highest BCUT2D eigenvalue weighted by Crippen LogP contribution is 2.25. The van der Waals surface area contributed by atoms with Crippen LogP contribution in [0.4, 0.5) is 15.8 Å². The van der Waals surface area contributed by atoms with Crippen molar-refractivity contribution < 1.29 is 14.3 Å². The van der Waals surface area contributed by atoms with Crippen LogP contribution in [0.2, 0.25) is 0 Å². The first kappa shape index (κ1) is 14.0. The fraction of sp³-hybridized carbons (Fsp3) is 0. The standard InChI is InChI=1S/C14H8BrFN2O2/c15-12-3-2-10(6-11(12)14(19)20)18-13-4-1-9(16)5-8(13)7-17/h1-6,18H,(H,19,20). The van der Waals surface area contributed by atoms with Crippen LogP contribution in [0, 0.1) is 17.1 Å². The lowest BCUT2D eigenvalue weighted by atomic mass is 10.1. The molecule has 100 valence electrons. The van der Waals surface area contributed by atoms with Crippen LogP contribution in [0.1, 0.15) is 15.9 Å². The minimum Gasteiger partial charge on any atom is -0.478 e. The molecule has 0 heterocycles. The molecular weight excluding hydrogens is 327 g/mol. The summed E-state index contributed by atoms with van der Waals surface area (Å²) in [6.45, 7) is 0. The zero-order chi connectivity index (χ0) is 14.7. The molecule has 6 heteroatoms. The van der Waals surface area contributed by atoms with Crippen molar-refractivity contribution in [3.05, 3.63) is 57.8 Å². The molecule has 0 aliphatic heterocycles. The lowest BCUT2D eigenvalue weighted by Gasteiger charge is -2.09. The van der Waals surface area contributed by atoms with E-state index in [-0.39, 0.29) is 11.1 Å². The van der Waals surface area contributed by atoms with Crippen molar-refractivity contribution in [2.24, 2.45) is 0 Å². The van der Waals surface area contributed by atoms with E-state index < -0.39 is 11.8 Å². The van der Waals surface area contributed by atoms with E-state index in [2.05, 4.69) is 21.2 Å². The van der Waals surface area contributed by atoms with E-state index in [9.17, 15) is 9.18 Å². The molecule has 0 aromatic heterocycles. The number of nitrogens with zero attached hydrogens (tertiary/aromatic N) is 1. The van der Waals surface area contributed by atoms with Crippen molar-refractivity contribution in [1.29, 1.82) is 5.26 Å². The molecule has 2 rings (SSSR count). The van der Waals surface area contributed by atoms with Gasteiger partial charge in [0.05, 0.1) is 16.8 Å². The number of anilines is 2. The predicted molar refractivity (Wildman–Crippen MR) is 75.5 cm³/mol. The Kier molecular flexibility index (Phi) is 4.01. The second kappa shape index (κ2) is 5.72. The van der Waals surface area contributed by atoms with Crippen molar-refractivity contribution in [2.45, 2.75) is 0 Å². The highest BCUT2D eigenvalue weighted by Gasteiger charge is 2.10. The van der Waals surface area contributed by atoms with E-state index in [4.69, 9.17) is 10.4 Å². The summed E-state index contributed by atoms with van der Waals surface area (Å²) in [6.07, 6.45) is 0. The predicted octanol–water partition coefficient (Wildman–Crippen LogP) is 3.90. The van der Waals surface area contributed by atoms with Gasteiger partial charge in [0.1, 0.15) is 11.9 Å². The van der Waals surface area contributed by atoms with Gasteiger partial charge in [-0.05, 0) is 52.3 Å². The summed E-state index contributed by atoms with van der Waals surface area (Å²) in [6, 6.07) is 10.3. The van der Waals surface area contributed by atoms with Crippen molar-refractivity contribution in [3.63, 3.8) is 0 Å². The third-order valence-electron chi connectivity index (χ3n) is 2.58. The molecule has 20 heavy (non-hydrogen) atoms. The number of hydrogen-bond acceptors (Lipinski definition) is 3. The minimum absolute atomic E-state index is 0.0932. The molecule has 0 spiro atoms. The number of hydrogen-bond donors (Lipinski definition) is 2. The lowest BCUT2D eigenvalue weighted by molar-refractivity contribution is 0.0696. The van der Waals surface area contributed by atoms with Crippen LogP contribution < -0.4 is 5.32 Å². The number of carbonyl (C=O) groups is 1. The first-order valence-electron chi connectivity index (χ1n) is 5.51. The molecule has 0 unspecified atom stereocenters. The Bertz CT molecular complexity index is 726. The first-order chi connectivity index (χ1) is 9.51. The number of carboxylic acid groups (broad SMARTS) is 1. The van der Waals surface area contributed by atoms with Crippen LogP contribution in [0.5, 0.6) is 0 Å². The smallest absolute Gasteiger partial charge is 0.336 e. The van der Waals surface area contributed by atoms with Crippen LogP contribution in [0.15, 0.2) is 40.9 Å². The fourth-order valence-corrected chi connectivity index (χ4v) is 2.06. The molecule has 0 amide bonds. The molecular formula is C14H8BrFN2O2. The molecule has 0 radical (unpaired) electrons. The van der Waals surface area contributed by atoms with E-state index >= 15 is 0 Å². The molecule has 0 fully saturated rings. The summed E-state index contributed by atoms with van der Waals surface area (Å²) in [5.41, 5.74) is 1.14. The van der Waals surface area contributed by atoms with Gasteiger partial charge in [-0.25, -0.2) is 9.18 Å². The number of benzene rings is 2. The molecule has 0 saturated carbocycles. The number of carboxylic acids is 1. The van der Waals surface area contributed by atoms with E-state index in [1.807, 2.05) is 6.07 Å². The largest absolute Gasteiger partial charge is 0.478 e. The molecule has 0 aliphatic carbocycles. The third-order valence-corrected chi connectivity index (χ3v) is 3.27. The van der Waals surface area contributed by atoms with Crippen molar-refractivity contribution in [3.8, 4) is 6.07 Å². The van der Waals surface area contributed by atoms with Gasteiger partial charge in [-0.1, -0.05) is 0 Å². The van der Waals surface area contributed by atoms with Gasteiger partial charge in [0.2, 0.25) is 0 Å². The number of nitrogens with one attached hydrogen (secondary N) is 1. The highest BCUT2D eigenvalue weighted by molar-refractivity contribution is 9.10. The van der Waals surface area contributed by atoms with Gasteiger partial charge in [0.15, 0.2) is 0 Å². The van der Waals surface area contributed by atoms with E-state index in [1.165, 1.54) is 18.2 Å². The topological polar surface area (TPSA) is 73.1 Å². The van der Waals surface area contributed by atoms with Gasteiger partial charge in [0, 0.05) is 10.2 Å². The normalized spacial score (nSPS) is 9.85. The third kappa shape index (κ3) is 2.95.